The summed E-state index contributed by atoms with van der Waals surface area (Å²) in [6.07, 6.45) is 0.778. The number of benzene rings is 1. The Morgan fingerprint density at radius 3 is 2.47 bits per heavy atom. The van der Waals surface area contributed by atoms with Crippen LogP contribution in [0.2, 0.25) is 0 Å². The number of nitrogens with one attached hydrogen (secondary N) is 1. The van der Waals surface area contributed by atoms with E-state index in [1.54, 1.807) is 12.1 Å². The van der Waals surface area contributed by atoms with Crippen LogP contribution in [0.5, 0.6) is 0 Å². The molecule has 0 aliphatic heterocycles. The second-order valence-electron chi connectivity index (χ2n) is 4.06. The number of carbonyl (C=O) groups excluding carboxylic acids is 2. The molecule has 5 nitrogen and oxygen atoms in total. The molecule has 0 amide bonds. The van der Waals surface area contributed by atoms with Crippen molar-refractivity contribution >= 4 is 11.9 Å². The minimum atomic E-state index is -0.333. The molecule has 1 N–H and O–H groups in total. The summed E-state index contributed by atoms with van der Waals surface area (Å²) in [5.74, 6) is -0.584. The lowest BCUT2D eigenvalue weighted by Gasteiger charge is -2.06. The van der Waals surface area contributed by atoms with Crippen molar-refractivity contribution in [3.63, 3.8) is 0 Å². The fraction of sp³-hybridized carbons (Fsp3) is 0.429. The molecule has 5 heteroatoms. The van der Waals surface area contributed by atoms with Crippen molar-refractivity contribution in [2.24, 2.45) is 0 Å². The van der Waals surface area contributed by atoms with Crippen molar-refractivity contribution in [3.8, 4) is 0 Å². The Balaban J connectivity index is 2.23. The third-order valence-corrected chi connectivity index (χ3v) is 2.51. The van der Waals surface area contributed by atoms with Crippen LogP contribution in [-0.4, -0.2) is 32.2 Å². The van der Waals surface area contributed by atoms with E-state index >= 15 is 0 Å². The molecule has 0 atom stereocenters. The van der Waals surface area contributed by atoms with Crippen LogP contribution in [0, 0.1) is 0 Å². The van der Waals surface area contributed by atoms with Gasteiger partial charge in [0.25, 0.3) is 0 Å². The Morgan fingerprint density at radius 1 is 1.21 bits per heavy atom. The Morgan fingerprint density at radius 2 is 1.89 bits per heavy atom. The number of hydrogen-bond donors (Lipinski definition) is 1. The van der Waals surface area contributed by atoms with Gasteiger partial charge in [-0.05, 0) is 30.7 Å². The van der Waals surface area contributed by atoms with Crippen LogP contribution in [0.25, 0.3) is 0 Å². The van der Waals surface area contributed by atoms with Gasteiger partial charge in [-0.3, -0.25) is 4.79 Å². The summed E-state index contributed by atoms with van der Waals surface area (Å²) in [7, 11) is 1.36. The van der Waals surface area contributed by atoms with Crippen molar-refractivity contribution in [2.75, 3.05) is 20.3 Å². The van der Waals surface area contributed by atoms with E-state index in [0.717, 1.165) is 18.5 Å². The number of carbonyl (C=O) groups is 2. The lowest BCUT2D eigenvalue weighted by atomic mass is 10.1. The largest absolute Gasteiger partial charge is 0.466 e. The van der Waals surface area contributed by atoms with E-state index in [1.165, 1.54) is 14.0 Å². The molecule has 104 valence electrons. The highest BCUT2D eigenvalue weighted by Crippen LogP contribution is 2.05. The monoisotopic (exact) mass is 265 g/mol. The zero-order valence-corrected chi connectivity index (χ0v) is 11.3. The fourth-order valence-corrected chi connectivity index (χ4v) is 1.52. The molecular weight excluding hydrogens is 246 g/mol. The van der Waals surface area contributed by atoms with Gasteiger partial charge in [-0.25, -0.2) is 4.79 Å². The predicted octanol–water partition coefficient (Wildman–Crippen LogP) is 1.52. The molecule has 0 bridgehead atoms. The van der Waals surface area contributed by atoms with Gasteiger partial charge >= 0.3 is 11.9 Å². The van der Waals surface area contributed by atoms with Crippen LogP contribution < -0.4 is 5.32 Å². The molecule has 0 radical (unpaired) electrons. The van der Waals surface area contributed by atoms with Gasteiger partial charge in [0, 0.05) is 13.5 Å². The normalized spacial score (nSPS) is 10.0. The van der Waals surface area contributed by atoms with Crippen molar-refractivity contribution in [1.82, 2.24) is 5.32 Å². The molecule has 1 aromatic rings. The fourth-order valence-electron chi connectivity index (χ4n) is 1.52. The molecule has 0 spiro atoms. The van der Waals surface area contributed by atoms with Crippen LogP contribution in [0.3, 0.4) is 0 Å². The van der Waals surface area contributed by atoms with Gasteiger partial charge < -0.3 is 14.8 Å². The number of hydrogen-bond acceptors (Lipinski definition) is 5. The van der Waals surface area contributed by atoms with Gasteiger partial charge in [0.15, 0.2) is 0 Å². The van der Waals surface area contributed by atoms with E-state index < -0.39 is 0 Å². The lowest BCUT2D eigenvalue weighted by Crippen LogP contribution is -2.17. The minimum absolute atomic E-state index is 0.251. The topological polar surface area (TPSA) is 64.6 Å². The van der Waals surface area contributed by atoms with Gasteiger partial charge in [0.1, 0.15) is 0 Å². The molecule has 0 saturated carbocycles. The second kappa shape index (κ2) is 8.26. The van der Waals surface area contributed by atoms with Crippen molar-refractivity contribution in [1.29, 1.82) is 0 Å². The van der Waals surface area contributed by atoms with Gasteiger partial charge in [-0.2, -0.15) is 0 Å². The van der Waals surface area contributed by atoms with Gasteiger partial charge in [0.2, 0.25) is 0 Å². The Labute approximate surface area is 112 Å². The third kappa shape index (κ3) is 6.01. The van der Waals surface area contributed by atoms with E-state index in [-0.39, 0.29) is 11.9 Å². The van der Waals surface area contributed by atoms with E-state index in [9.17, 15) is 9.59 Å². The van der Waals surface area contributed by atoms with Crippen molar-refractivity contribution < 1.29 is 19.1 Å². The smallest absolute Gasteiger partial charge is 0.337 e. The van der Waals surface area contributed by atoms with E-state index in [1.807, 2.05) is 12.1 Å². The van der Waals surface area contributed by atoms with Crippen molar-refractivity contribution in [3.05, 3.63) is 35.4 Å². The first kappa shape index (κ1) is 15.2. The van der Waals surface area contributed by atoms with Crippen LogP contribution in [-0.2, 0) is 20.8 Å². The first-order valence-corrected chi connectivity index (χ1v) is 6.15. The highest BCUT2D eigenvalue weighted by Gasteiger charge is 2.03. The molecule has 0 aromatic heterocycles. The van der Waals surface area contributed by atoms with Crippen molar-refractivity contribution in [2.45, 2.75) is 19.9 Å². The molecule has 19 heavy (non-hydrogen) atoms. The van der Waals surface area contributed by atoms with E-state index in [0.29, 0.717) is 18.7 Å². The van der Waals surface area contributed by atoms with Gasteiger partial charge in [-0.1, -0.05) is 12.1 Å². The summed E-state index contributed by atoms with van der Waals surface area (Å²) in [5.41, 5.74) is 1.63. The molecule has 0 heterocycles. The average molecular weight is 265 g/mol. The zero-order valence-electron chi connectivity index (χ0n) is 11.3. The number of esters is 2. The molecule has 1 aromatic carbocycles. The van der Waals surface area contributed by atoms with Crippen LogP contribution >= 0.6 is 0 Å². The highest BCUT2D eigenvalue weighted by molar-refractivity contribution is 5.89. The van der Waals surface area contributed by atoms with E-state index in [4.69, 9.17) is 4.74 Å². The SMILES string of the molecule is COC(=O)c1ccc(CNCCCOC(C)=O)cc1. The maximum absolute atomic E-state index is 11.2. The first-order valence-electron chi connectivity index (χ1n) is 6.15. The summed E-state index contributed by atoms with van der Waals surface area (Å²) >= 11 is 0. The zero-order chi connectivity index (χ0) is 14.1. The quantitative estimate of drug-likeness (QED) is 0.598. The standard InChI is InChI=1S/C14H19NO4/c1-11(16)19-9-3-8-15-10-12-4-6-13(7-5-12)14(17)18-2/h4-7,15H,3,8-10H2,1-2H3. The summed E-state index contributed by atoms with van der Waals surface area (Å²) in [5, 5.41) is 3.23. The van der Waals surface area contributed by atoms with Gasteiger partial charge in [0.05, 0.1) is 19.3 Å². The second-order valence-corrected chi connectivity index (χ2v) is 4.06. The summed E-state index contributed by atoms with van der Waals surface area (Å²) < 4.78 is 9.44. The Kier molecular flexibility index (Phi) is 6.60. The minimum Gasteiger partial charge on any atom is -0.466 e. The molecule has 0 aliphatic carbocycles. The third-order valence-electron chi connectivity index (χ3n) is 2.51. The maximum Gasteiger partial charge on any atom is 0.337 e. The average Bonchev–Trinajstić information content (AvgIpc) is 2.42. The number of methoxy groups -OCH3 is 1. The van der Waals surface area contributed by atoms with E-state index in [2.05, 4.69) is 10.1 Å². The molecule has 0 aliphatic rings. The van der Waals surface area contributed by atoms with Crippen LogP contribution in [0.15, 0.2) is 24.3 Å². The molecule has 0 saturated heterocycles. The molecule has 0 unspecified atom stereocenters. The van der Waals surface area contributed by atoms with Gasteiger partial charge in [-0.15, -0.1) is 0 Å². The Bertz CT molecular complexity index is 414. The van der Waals surface area contributed by atoms with Crippen LogP contribution in [0.4, 0.5) is 0 Å². The lowest BCUT2D eigenvalue weighted by molar-refractivity contribution is -0.141. The summed E-state index contributed by atoms with van der Waals surface area (Å²) in [4.78, 5) is 21.8. The molecule has 0 fully saturated rings. The molecule has 1 rings (SSSR count). The number of ether oxygens (including phenoxy) is 2. The van der Waals surface area contributed by atoms with Crippen LogP contribution in [0.1, 0.15) is 29.3 Å². The summed E-state index contributed by atoms with van der Waals surface area (Å²) in [6, 6.07) is 7.24. The first-order chi connectivity index (χ1) is 9.13. The predicted molar refractivity (Wildman–Crippen MR) is 70.7 cm³/mol. The highest BCUT2D eigenvalue weighted by atomic mass is 16.5. The summed E-state index contributed by atoms with van der Waals surface area (Å²) in [6.45, 7) is 3.31. The Hall–Kier alpha value is -1.88. The number of rotatable bonds is 7. The molecular formula is C14H19NO4. The maximum atomic E-state index is 11.2.